The van der Waals surface area contributed by atoms with E-state index in [1.165, 1.54) is 167 Å². The Bertz CT molecular complexity index is 1140. The second-order valence-corrected chi connectivity index (χ2v) is 19.5. The average molecular weight is 903 g/mol. The molecule has 0 aromatic carbocycles. The van der Waals surface area contributed by atoms with Gasteiger partial charge in [0, 0.05) is 19.3 Å². The standard InChI is InChI=1S/C56H103NO7/c1-6-8-10-12-14-16-18-20-22-24-25-26-27-28-29-31-32-34-36-38-40-42-44-46-54(58)63-51-52(50-62-49-48-53(56(60)61)57(3,4)5)64-55(59)47-45-43-41-39-37-35-33-30-23-21-19-17-15-13-11-9-7-2/h15,17,21,23-25,52-53H,6-14,16,18-20,22,26-51H2,1-5H3/p+1/b17-15-,23-21-,25-24-. The van der Waals surface area contributed by atoms with E-state index in [0.29, 0.717) is 19.3 Å². The van der Waals surface area contributed by atoms with E-state index in [1.807, 2.05) is 21.1 Å². The first kappa shape index (κ1) is 61.5. The minimum atomic E-state index is -0.874. The van der Waals surface area contributed by atoms with Crippen LogP contribution in [0.1, 0.15) is 251 Å². The van der Waals surface area contributed by atoms with Crippen molar-refractivity contribution < 1.29 is 38.2 Å². The molecule has 0 bridgehead atoms. The number of hydrogen-bond acceptors (Lipinski definition) is 6. The molecule has 1 N–H and O–H groups in total. The minimum absolute atomic E-state index is 0.0523. The number of carbonyl (C=O) groups is 3. The zero-order valence-corrected chi connectivity index (χ0v) is 42.7. The highest BCUT2D eigenvalue weighted by molar-refractivity contribution is 5.72. The first-order valence-corrected chi connectivity index (χ1v) is 27.0. The van der Waals surface area contributed by atoms with Gasteiger partial charge in [-0.25, -0.2) is 4.79 Å². The number of rotatable bonds is 49. The Labute approximate surface area is 395 Å². The number of esters is 2. The molecule has 8 nitrogen and oxygen atoms in total. The smallest absolute Gasteiger partial charge is 0.362 e. The van der Waals surface area contributed by atoms with Crippen LogP contribution >= 0.6 is 0 Å². The van der Waals surface area contributed by atoms with E-state index in [-0.39, 0.29) is 36.2 Å². The molecule has 374 valence electrons. The van der Waals surface area contributed by atoms with Gasteiger partial charge in [0.25, 0.3) is 0 Å². The van der Waals surface area contributed by atoms with Gasteiger partial charge in [0.2, 0.25) is 0 Å². The molecule has 8 heteroatoms. The Hall–Kier alpha value is -2.45. The fraction of sp³-hybridized carbons (Fsp3) is 0.839. The molecular weight excluding hydrogens is 799 g/mol. The lowest BCUT2D eigenvalue weighted by Crippen LogP contribution is -2.50. The summed E-state index contributed by atoms with van der Waals surface area (Å²) in [5.41, 5.74) is 0. The number of nitrogens with zero attached hydrogens (tertiary/aromatic N) is 1. The van der Waals surface area contributed by atoms with Crippen LogP contribution in [0.4, 0.5) is 0 Å². The highest BCUT2D eigenvalue weighted by Gasteiger charge is 2.31. The van der Waals surface area contributed by atoms with Crippen LogP contribution in [0.3, 0.4) is 0 Å². The van der Waals surface area contributed by atoms with E-state index < -0.39 is 18.1 Å². The van der Waals surface area contributed by atoms with E-state index in [2.05, 4.69) is 50.3 Å². The summed E-state index contributed by atoms with van der Waals surface area (Å²) < 4.78 is 17.4. The van der Waals surface area contributed by atoms with Crippen LogP contribution in [0.25, 0.3) is 0 Å². The van der Waals surface area contributed by atoms with E-state index in [9.17, 15) is 19.5 Å². The third-order valence-electron chi connectivity index (χ3n) is 12.3. The maximum atomic E-state index is 12.8. The zero-order chi connectivity index (χ0) is 47.0. The van der Waals surface area contributed by atoms with Crippen LogP contribution in [0.2, 0.25) is 0 Å². The summed E-state index contributed by atoms with van der Waals surface area (Å²) in [5, 5.41) is 9.66. The van der Waals surface area contributed by atoms with E-state index in [0.717, 1.165) is 51.4 Å². The Kier molecular flexibility index (Phi) is 45.3. The molecule has 0 aromatic heterocycles. The summed E-state index contributed by atoms with van der Waals surface area (Å²) in [6.45, 7) is 4.74. The molecule has 0 aliphatic heterocycles. The van der Waals surface area contributed by atoms with Crippen LogP contribution in [0.5, 0.6) is 0 Å². The summed E-state index contributed by atoms with van der Waals surface area (Å²) in [6, 6.07) is -0.616. The Balaban J connectivity index is 4.18. The Morgan fingerprint density at radius 1 is 0.469 bits per heavy atom. The lowest BCUT2D eigenvalue weighted by Gasteiger charge is -2.31. The molecule has 0 saturated heterocycles. The predicted octanol–water partition coefficient (Wildman–Crippen LogP) is 15.8. The van der Waals surface area contributed by atoms with Gasteiger partial charge in [-0.1, -0.05) is 198 Å². The Morgan fingerprint density at radius 3 is 1.25 bits per heavy atom. The topological polar surface area (TPSA) is 99.1 Å². The highest BCUT2D eigenvalue weighted by atomic mass is 16.6. The molecule has 0 aliphatic rings. The van der Waals surface area contributed by atoms with Crippen LogP contribution in [-0.2, 0) is 28.6 Å². The van der Waals surface area contributed by atoms with Gasteiger partial charge >= 0.3 is 17.9 Å². The van der Waals surface area contributed by atoms with Crippen molar-refractivity contribution in [1.29, 1.82) is 0 Å². The number of likely N-dealkylation sites (N-methyl/N-ethyl adjacent to an activating group) is 1. The summed E-state index contributed by atoms with van der Waals surface area (Å²) in [7, 11) is 5.54. The van der Waals surface area contributed by atoms with Gasteiger partial charge in [0.05, 0.1) is 34.4 Å². The third kappa shape index (κ3) is 44.7. The molecule has 0 spiro atoms. The van der Waals surface area contributed by atoms with Crippen molar-refractivity contribution in [3.05, 3.63) is 36.5 Å². The largest absolute Gasteiger partial charge is 0.477 e. The van der Waals surface area contributed by atoms with Gasteiger partial charge in [-0.15, -0.1) is 0 Å². The van der Waals surface area contributed by atoms with Crippen LogP contribution in [0.15, 0.2) is 36.5 Å². The number of carbonyl (C=O) groups excluding carboxylic acids is 2. The maximum absolute atomic E-state index is 12.8. The molecule has 0 fully saturated rings. The molecule has 64 heavy (non-hydrogen) atoms. The number of ether oxygens (including phenoxy) is 3. The number of carboxylic acid groups (broad SMARTS) is 1. The molecule has 2 unspecified atom stereocenters. The number of aliphatic carboxylic acids is 1. The highest BCUT2D eigenvalue weighted by Crippen LogP contribution is 2.16. The molecule has 2 atom stereocenters. The SMILES string of the molecule is CCCCC/C=C\C/C=C\CCCCCCCCCC(=O)OC(COCCC(C(=O)O)[N+](C)(C)C)COC(=O)CCCCCCCCCCCCC/C=C\CCCCCCCCCC. The lowest BCUT2D eigenvalue weighted by atomic mass is 10.0. The van der Waals surface area contributed by atoms with Crippen molar-refractivity contribution in [2.45, 2.75) is 264 Å². The van der Waals surface area contributed by atoms with Crippen molar-refractivity contribution in [2.24, 2.45) is 0 Å². The van der Waals surface area contributed by atoms with Gasteiger partial charge in [0.1, 0.15) is 6.61 Å². The maximum Gasteiger partial charge on any atom is 0.362 e. The fourth-order valence-electron chi connectivity index (χ4n) is 8.06. The zero-order valence-electron chi connectivity index (χ0n) is 42.7. The molecule has 0 aliphatic carbocycles. The first-order valence-electron chi connectivity index (χ1n) is 27.0. The number of hydrogen-bond donors (Lipinski definition) is 1. The molecule has 0 amide bonds. The van der Waals surface area contributed by atoms with Gasteiger partial charge in [0.15, 0.2) is 12.1 Å². The van der Waals surface area contributed by atoms with Crippen molar-refractivity contribution in [2.75, 3.05) is 41.0 Å². The van der Waals surface area contributed by atoms with E-state index in [1.54, 1.807) is 0 Å². The van der Waals surface area contributed by atoms with Crippen LogP contribution in [0, 0.1) is 0 Å². The minimum Gasteiger partial charge on any atom is -0.477 e. The lowest BCUT2D eigenvalue weighted by molar-refractivity contribution is -0.887. The Morgan fingerprint density at radius 2 is 0.828 bits per heavy atom. The van der Waals surface area contributed by atoms with Gasteiger partial charge in [-0.2, -0.15) is 0 Å². The van der Waals surface area contributed by atoms with Crippen molar-refractivity contribution in [3.63, 3.8) is 0 Å². The quantitative estimate of drug-likeness (QED) is 0.0281. The van der Waals surface area contributed by atoms with Gasteiger partial charge in [-0.3, -0.25) is 9.59 Å². The monoisotopic (exact) mass is 903 g/mol. The fourth-order valence-corrected chi connectivity index (χ4v) is 8.06. The van der Waals surface area contributed by atoms with Crippen molar-refractivity contribution >= 4 is 17.9 Å². The molecule has 0 radical (unpaired) electrons. The van der Waals surface area contributed by atoms with Crippen molar-refractivity contribution in [1.82, 2.24) is 0 Å². The average Bonchev–Trinajstić information content (AvgIpc) is 3.26. The predicted molar refractivity (Wildman–Crippen MR) is 271 cm³/mol. The number of allylic oxidation sites excluding steroid dienone is 6. The third-order valence-corrected chi connectivity index (χ3v) is 12.3. The van der Waals surface area contributed by atoms with Crippen LogP contribution in [-0.4, -0.2) is 80.6 Å². The number of quaternary nitrogens is 1. The van der Waals surface area contributed by atoms with Gasteiger partial charge < -0.3 is 23.8 Å². The molecule has 0 aromatic rings. The van der Waals surface area contributed by atoms with E-state index in [4.69, 9.17) is 14.2 Å². The van der Waals surface area contributed by atoms with Gasteiger partial charge in [-0.05, 0) is 70.6 Å². The summed E-state index contributed by atoms with van der Waals surface area (Å²) in [5.74, 6) is -1.47. The van der Waals surface area contributed by atoms with Crippen LogP contribution < -0.4 is 0 Å². The second-order valence-electron chi connectivity index (χ2n) is 19.5. The first-order chi connectivity index (χ1) is 31.1. The number of carboxylic acids is 1. The normalized spacial score (nSPS) is 13.1. The van der Waals surface area contributed by atoms with E-state index >= 15 is 0 Å². The molecule has 0 heterocycles. The second kappa shape index (κ2) is 47.1. The summed E-state index contributed by atoms with van der Waals surface area (Å²) in [6.07, 6.45) is 56.2. The molecular formula is C56H104NO7+. The van der Waals surface area contributed by atoms with Crippen molar-refractivity contribution in [3.8, 4) is 0 Å². The molecule has 0 rings (SSSR count). The number of unbranched alkanes of at least 4 members (excludes halogenated alkanes) is 29. The summed E-state index contributed by atoms with van der Waals surface area (Å²) >= 11 is 0. The summed E-state index contributed by atoms with van der Waals surface area (Å²) in [4.78, 5) is 37.2. The molecule has 0 saturated carbocycles.